The van der Waals surface area contributed by atoms with Crippen LogP contribution in [0.15, 0.2) is 36.4 Å². The van der Waals surface area contributed by atoms with E-state index in [1.165, 1.54) is 0 Å². The number of fused-ring (bicyclic) bond motifs is 1. The summed E-state index contributed by atoms with van der Waals surface area (Å²) < 4.78 is 5.43. The third kappa shape index (κ3) is 2.20. The summed E-state index contributed by atoms with van der Waals surface area (Å²) in [6.07, 6.45) is 0. The van der Waals surface area contributed by atoms with Crippen molar-refractivity contribution in [3.63, 3.8) is 0 Å². The lowest BCUT2D eigenvalue weighted by Gasteiger charge is -2.11. The molecule has 2 N–H and O–H groups in total. The van der Waals surface area contributed by atoms with Crippen LogP contribution in [0.1, 0.15) is 5.56 Å². The van der Waals surface area contributed by atoms with Gasteiger partial charge in [-0.1, -0.05) is 24.3 Å². The van der Waals surface area contributed by atoms with Gasteiger partial charge in [-0.15, -0.1) is 0 Å². The zero-order valence-corrected chi connectivity index (χ0v) is 11.7. The monoisotopic (exact) mass is 282 g/mol. The predicted octanol–water partition coefficient (Wildman–Crippen LogP) is 1.83. The topological polar surface area (TPSA) is 88.0 Å². The number of methoxy groups -OCH3 is 1. The molecule has 3 rings (SSSR count). The van der Waals surface area contributed by atoms with Crippen molar-refractivity contribution in [1.82, 2.24) is 10.1 Å². The molecule has 0 spiro atoms. The molecule has 0 saturated heterocycles. The molecule has 21 heavy (non-hydrogen) atoms. The van der Waals surface area contributed by atoms with Crippen LogP contribution in [-0.2, 0) is 0 Å². The van der Waals surface area contributed by atoms with E-state index in [1.807, 2.05) is 31.2 Å². The molecule has 0 radical (unpaired) electrons. The fourth-order valence-electron chi connectivity index (χ4n) is 2.35. The molecule has 0 unspecified atom stereocenters. The molecule has 0 bridgehead atoms. The van der Waals surface area contributed by atoms with E-state index in [1.54, 1.807) is 19.2 Å². The molecule has 1 heterocycles. The van der Waals surface area contributed by atoms with Crippen LogP contribution in [-0.4, -0.2) is 17.2 Å². The van der Waals surface area contributed by atoms with Crippen LogP contribution in [0.4, 0.5) is 5.95 Å². The van der Waals surface area contributed by atoms with E-state index in [0.29, 0.717) is 21.6 Å². The maximum Gasteiger partial charge on any atom is 0.288 e. The van der Waals surface area contributed by atoms with Crippen molar-refractivity contribution in [3.8, 4) is 16.9 Å². The average Bonchev–Trinajstić information content (AvgIpc) is 2.46. The number of anilines is 1. The minimum Gasteiger partial charge on any atom is -0.594 e. The fraction of sp³-hybridized carbons (Fsp3) is 0.133. The van der Waals surface area contributed by atoms with E-state index in [4.69, 9.17) is 10.5 Å². The number of ether oxygens (including phenoxy) is 1. The first kappa shape index (κ1) is 13.1. The van der Waals surface area contributed by atoms with Crippen molar-refractivity contribution in [2.24, 2.45) is 0 Å². The minimum absolute atomic E-state index is 0.0665. The Bertz CT molecular complexity index is 833. The molecule has 6 nitrogen and oxygen atoms in total. The first-order valence-electron chi connectivity index (χ1n) is 6.41. The Morgan fingerprint density at radius 1 is 1.19 bits per heavy atom. The first-order valence-corrected chi connectivity index (χ1v) is 6.41. The molecule has 6 heteroatoms. The van der Waals surface area contributed by atoms with Gasteiger partial charge in [-0.3, -0.25) is 0 Å². The Morgan fingerprint density at radius 2 is 1.95 bits per heavy atom. The van der Waals surface area contributed by atoms with Gasteiger partial charge in [0.25, 0.3) is 11.5 Å². The molecule has 0 fully saturated rings. The maximum atomic E-state index is 11.9. The quantitative estimate of drug-likeness (QED) is 0.572. The third-order valence-corrected chi connectivity index (χ3v) is 3.37. The van der Waals surface area contributed by atoms with Crippen LogP contribution in [0.25, 0.3) is 22.2 Å². The van der Waals surface area contributed by atoms with E-state index in [9.17, 15) is 5.21 Å². The van der Waals surface area contributed by atoms with E-state index in [2.05, 4.69) is 10.1 Å². The van der Waals surface area contributed by atoms with Crippen LogP contribution in [0.3, 0.4) is 0 Å². The van der Waals surface area contributed by atoms with Gasteiger partial charge in [0, 0.05) is 17.7 Å². The number of hydrogen-bond acceptors (Lipinski definition) is 5. The largest absolute Gasteiger partial charge is 0.594 e. The van der Waals surface area contributed by atoms with Crippen molar-refractivity contribution >= 4 is 17.0 Å². The SMILES string of the molecule is COc1cc2nc(N)n[n+]([O-])c2cc1-c1ccccc1C. The highest BCUT2D eigenvalue weighted by atomic mass is 16.5. The highest BCUT2D eigenvalue weighted by Crippen LogP contribution is 2.34. The van der Waals surface area contributed by atoms with Crippen LogP contribution >= 0.6 is 0 Å². The lowest BCUT2D eigenvalue weighted by Crippen LogP contribution is -2.33. The highest BCUT2D eigenvalue weighted by molar-refractivity contribution is 5.85. The number of rotatable bonds is 2. The van der Waals surface area contributed by atoms with Crippen molar-refractivity contribution in [1.29, 1.82) is 0 Å². The van der Waals surface area contributed by atoms with Crippen molar-refractivity contribution in [2.75, 3.05) is 12.8 Å². The molecule has 1 aromatic heterocycles. The summed E-state index contributed by atoms with van der Waals surface area (Å²) in [6.45, 7) is 2.00. The van der Waals surface area contributed by atoms with Crippen LogP contribution < -0.4 is 15.3 Å². The zero-order chi connectivity index (χ0) is 15.0. The second-order valence-electron chi connectivity index (χ2n) is 4.70. The van der Waals surface area contributed by atoms with Crippen LogP contribution in [0, 0.1) is 12.1 Å². The van der Waals surface area contributed by atoms with Gasteiger partial charge < -0.3 is 15.7 Å². The predicted molar refractivity (Wildman–Crippen MR) is 79.6 cm³/mol. The normalized spacial score (nSPS) is 10.8. The number of benzene rings is 2. The van der Waals surface area contributed by atoms with E-state index >= 15 is 0 Å². The van der Waals surface area contributed by atoms with Gasteiger partial charge in [0.05, 0.1) is 12.2 Å². The summed E-state index contributed by atoms with van der Waals surface area (Å²) >= 11 is 0. The highest BCUT2D eigenvalue weighted by Gasteiger charge is 2.16. The summed E-state index contributed by atoms with van der Waals surface area (Å²) in [5.74, 6) is 0.568. The van der Waals surface area contributed by atoms with Crippen LogP contribution in [0.2, 0.25) is 0 Å². The lowest BCUT2D eigenvalue weighted by atomic mass is 9.99. The van der Waals surface area contributed by atoms with Crippen LogP contribution in [0.5, 0.6) is 5.75 Å². The molecule has 0 amide bonds. The summed E-state index contributed by atoms with van der Waals surface area (Å²) in [7, 11) is 1.58. The maximum absolute atomic E-state index is 11.9. The molecule has 0 aliphatic rings. The van der Waals surface area contributed by atoms with Crippen molar-refractivity contribution in [3.05, 3.63) is 47.2 Å². The molecule has 0 aliphatic carbocycles. The zero-order valence-electron chi connectivity index (χ0n) is 11.7. The summed E-state index contributed by atoms with van der Waals surface area (Å²) in [5, 5.41) is 15.5. The van der Waals surface area contributed by atoms with Gasteiger partial charge in [-0.05, 0) is 22.9 Å². The van der Waals surface area contributed by atoms with Crippen molar-refractivity contribution in [2.45, 2.75) is 6.92 Å². The molecule has 0 saturated carbocycles. The van der Waals surface area contributed by atoms with Gasteiger partial charge in [0.2, 0.25) is 0 Å². The number of hydrogen-bond donors (Lipinski definition) is 1. The minimum atomic E-state index is -0.0665. The van der Waals surface area contributed by atoms with E-state index in [-0.39, 0.29) is 5.95 Å². The second-order valence-corrected chi connectivity index (χ2v) is 4.70. The standard InChI is InChI=1S/C15H14N4O2/c1-9-5-3-4-6-10(9)11-7-13-12(8-14(11)21-2)17-15(16)18-19(13)20/h3-8H,1-2H3,(H2,16,17,18). The Kier molecular flexibility index (Phi) is 3.06. The Morgan fingerprint density at radius 3 is 2.67 bits per heavy atom. The second kappa shape index (κ2) is 4.90. The van der Waals surface area contributed by atoms with Gasteiger partial charge in [-0.25, -0.2) is 4.98 Å². The Labute approximate surface area is 121 Å². The number of aromatic nitrogens is 3. The number of aryl methyl sites for hydroxylation is 1. The fourth-order valence-corrected chi connectivity index (χ4v) is 2.35. The summed E-state index contributed by atoms with van der Waals surface area (Å²) in [6, 6.07) is 11.3. The van der Waals surface area contributed by atoms with E-state index in [0.717, 1.165) is 16.7 Å². The first-order chi connectivity index (χ1) is 10.1. The number of nitrogens with zero attached hydrogens (tertiary/aromatic N) is 3. The molecule has 3 aromatic rings. The summed E-state index contributed by atoms with van der Waals surface area (Å²) in [4.78, 5) is 4.55. The molecule has 0 aliphatic heterocycles. The van der Waals surface area contributed by atoms with E-state index < -0.39 is 0 Å². The lowest BCUT2D eigenvalue weighted by molar-refractivity contribution is -0.641. The number of nitrogen functional groups attached to an aromatic ring is 1. The number of nitrogens with two attached hydrogens (primary N) is 1. The smallest absolute Gasteiger partial charge is 0.288 e. The van der Waals surface area contributed by atoms with Gasteiger partial charge in [-0.2, -0.15) is 0 Å². The van der Waals surface area contributed by atoms with Gasteiger partial charge >= 0.3 is 0 Å². The van der Waals surface area contributed by atoms with Gasteiger partial charge in [0.15, 0.2) is 0 Å². The Hall–Kier alpha value is -2.89. The molecular weight excluding hydrogens is 268 g/mol. The summed E-state index contributed by atoms with van der Waals surface area (Å²) in [5.41, 5.74) is 9.21. The van der Waals surface area contributed by atoms with Crippen molar-refractivity contribution < 1.29 is 9.58 Å². The Balaban J connectivity index is 2.35. The average molecular weight is 282 g/mol. The molecule has 2 aromatic carbocycles. The molecule has 0 atom stereocenters. The molecule has 106 valence electrons. The van der Waals surface area contributed by atoms with Gasteiger partial charge in [0.1, 0.15) is 11.3 Å². The molecular formula is C15H14N4O2. The third-order valence-electron chi connectivity index (χ3n) is 3.37.